The summed E-state index contributed by atoms with van der Waals surface area (Å²) >= 11 is 5.47. The predicted molar refractivity (Wildman–Crippen MR) is 134 cm³/mol. The summed E-state index contributed by atoms with van der Waals surface area (Å²) in [4.78, 5) is 31.8. The molecule has 8 nitrogen and oxygen atoms in total. The number of nitrogens with zero attached hydrogens (tertiary/aromatic N) is 5. The minimum atomic E-state index is -4.83. The van der Waals surface area contributed by atoms with Crippen LogP contribution in [0.4, 0.5) is 28.9 Å². The van der Waals surface area contributed by atoms with Gasteiger partial charge < -0.3 is 14.8 Å². The first-order chi connectivity index (χ1) is 17.8. The Hall–Kier alpha value is -4.31. The summed E-state index contributed by atoms with van der Waals surface area (Å²) < 4.78 is 57.1. The molecule has 0 aliphatic carbocycles. The summed E-state index contributed by atoms with van der Waals surface area (Å²) in [6, 6.07) is 8.40. The highest BCUT2D eigenvalue weighted by molar-refractivity contribution is 7.81. The third kappa shape index (κ3) is 4.58. The van der Waals surface area contributed by atoms with Crippen LogP contribution in [0.3, 0.4) is 0 Å². The number of alkyl halides is 3. The van der Waals surface area contributed by atoms with Crippen LogP contribution < -0.4 is 15.1 Å². The Balaban J connectivity index is 1.62. The summed E-state index contributed by atoms with van der Waals surface area (Å²) in [6.45, 7) is 2.88. The maximum absolute atomic E-state index is 15.0. The van der Waals surface area contributed by atoms with Crippen LogP contribution in [0.5, 0.6) is 0 Å². The van der Waals surface area contributed by atoms with Crippen LogP contribution >= 0.6 is 12.2 Å². The maximum Gasteiger partial charge on any atom is 0.417 e. The molecule has 1 aliphatic heterocycles. The van der Waals surface area contributed by atoms with Gasteiger partial charge in [0.2, 0.25) is 0 Å². The van der Waals surface area contributed by atoms with E-state index in [2.05, 4.69) is 10.3 Å². The number of aromatic nitrogens is 2. The summed E-state index contributed by atoms with van der Waals surface area (Å²) in [5, 5.41) is 11.5. The Morgan fingerprint density at radius 1 is 1.18 bits per heavy atom. The Kier molecular flexibility index (Phi) is 6.71. The lowest BCUT2D eigenvalue weighted by Gasteiger charge is -2.29. The average molecular weight is 545 g/mol. The highest BCUT2D eigenvalue weighted by Crippen LogP contribution is 2.39. The third-order valence-corrected chi connectivity index (χ3v) is 6.48. The van der Waals surface area contributed by atoms with Crippen LogP contribution in [-0.2, 0) is 24.6 Å². The number of benzene rings is 2. The van der Waals surface area contributed by atoms with Crippen LogP contribution in [0, 0.1) is 17.1 Å². The molecule has 1 fully saturated rings. The molecule has 2 heterocycles. The fourth-order valence-electron chi connectivity index (χ4n) is 4.12. The zero-order valence-electron chi connectivity index (χ0n) is 20.3. The van der Waals surface area contributed by atoms with Crippen molar-refractivity contribution in [3.63, 3.8) is 0 Å². The molecule has 0 bridgehead atoms. The van der Waals surface area contributed by atoms with Crippen molar-refractivity contribution in [1.29, 1.82) is 5.26 Å². The Morgan fingerprint density at radius 3 is 2.45 bits per heavy atom. The standard InChI is InChI=1S/C25H20F4N6O2S/c1-24(2)22(37)34(16-6-4-14(12-30)18(10-16)25(27,28)29)23(38)35(24)17-7-5-15(19(26)11-17)13-32-21(36)20-31-8-9-33(20)3/h4-11H,13H2,1-3H3,(H,32,36). The number of halogens is 4. The van der Waals surface area contributed by atoms with Gasteiger partial charge in [0.05, 0.1) is 22.9 Å². The molecule has 4 rings (SSSR count). The van der Waals surface area contributed by atoms with E-state index in [-0.39, 0.29) is 34.4 Å². The quantitative estimate of drug-likeness (QED) is 0.381. The van der Waals surface area contributed by atoms with Gasteiger partial charge in [0.15, 0.2) is 10.9 Å². The number of thiocarbonyl (C=S) groups is 1. The molecule has 0 saturated carbocycles. The number of hydrogen-bond acceptors (Lipinski definition) is 5. The largest absolute Gasteiger partial charge is 0.417 e. The number of carbonyl (C=O) groups excluding carboxylic acids is 2. The average Bonchev–Trinajstić information content (AvgIpc) is 3.35. The van der Waals surface area contributed by atoms with Crippen molar-refractivity contribution < 1.29 is 27.2 Å². The molecule has 13 heteroatoms. The number of amides is 2. The van der Waals surface area contributed by atoms with E-state index in [0.29, 0.717) is 6.07 Å². The normalized spacial score (nSPS) is 15.1. The molecule has 1 saturated heterocycles. The number of carbonyl (C=O) groups is 2. The van der Waals surface area contributed by atoms with Crippen LogP contribution in [0.15, 0.2) is 48.8 Å². The first kappa shape index (κ1) is 26.7. The number of anilines is 2. The predicted octanol–water partition coefficient (Wildman–Crippen LogP) is 4.30. The topological polar surface area (TPSA) is 94.3 Å². The highest BCUT2D eigenvalue weighted by atomic mass is 32.1. The first-order valence-electron chi connectivity index (χ1n) is 11.1. The Labute approximate surface area is 220 Å². The van der Waals surface area contributed by atoms with Crippen LogP contribution in [-0.4, -0.2) is 32.0 Å². The van der Waals surface area contributed by atoms with Crippen LogP contribution in [0.25, 0.3) is 0 Å². The maximum atomic E-state index is 15.0. The van der Waals surface area contributed by atoms with Gasteiger partial charge in [0.1, 0.15) is 11.4 Å². The van der Waals surface area contributed by atoms with Gasteiger partial charge in [-0.15, -0.1) is 0 Å². The number of imidazole rings is 1. The summed E-state index contributed by atoms with van der Waals surface area (Å²) in [7, 11) is 1.64. The first-order valence-corrected chi connectivity index (χ1v) is 11.5. The Morgan fingerprint density at radius 2 is 1.87 bits per heavy atom. The van der Waals surface area contributed by atoms with E-state index in [9.17, 15) is 22.8 Å². The van der Waals surface area contributed by atoms with E-state index in [1.54, 1.807) is 13.2 Å². The van der Waals surface area contributed by atoms with Gasteiger partial charge in [-0.05, 0) is 56.4 Å². The lowest BCUT2D eigenvalue weighted by Crippen LogP contribution is -2.44. The van der Waals surface area contributed by atoms with Crippen molar-refractivity contribution in [2.24, 2.45) is 7.05 Å². The number of nitriles is 1. The molecular weight excluding hydrogens is 524 g/mol. The monoisotopic (exact) mass is 544 g/mol. The van der Waals surface area contributed by atoms with Gasteiger partial charge in [0.25, 0.3) is 11.8 Å². The minimum Gasteiger partial charge on any atom is -0.345 e. The molecule has 3 aromatic rings. The number of nitrogens with one attached hydrogen (secondary N) is 1. The zero-order chi connectivity index (χ0) is 28.0. The smallest absolute Gasteiger partial charge is 0.345 e. The zero-order valence-corrected chi connectivity index (χ0v) is 21.1. The van der Waals surface area contributed by atoms with E-state index in [1.165, 1.54) is 53.8 Å². The second-order valence-corrected chi connectivity index (χ2v) is 9.34. The van der Waals surface area contributed by atoms with Crippen molar-refractivity contribution >= 4 is 40.5 Å². The summed E-state index contributed by atoms with van der Waals surface area (Å²) in [6.07, 6.45) is -1.78. The molecule has 0 radical (unpaired) electrons. The second-order valence-electron chi connectivity index (χ2n) is 8.98. The molecule has 0 atom stereocenters. The van der Waals surface area contributed by atoms with Gasteiger partial charge >= 0.3 is 6.18 Å². The molecule has 38 heavy (non-hydrogen) atoms. The summed E-state index contributed by atoms with van der Waals surface area (Å²) in [5.41, 5.74) is -2.99. The summed E-state index contributed by atoms with van der Waals surface area (Å²) in [5.74, 6) is -1.66. The van der Waals surface area contributed by atoms with Gasteiger partial charge in [-0.2, -0.15) is 18.4 Å². The molecule has 196 valence electrons. The van der Waals surface area contributed by atoms with Crippen molar-refractivity contribution in [3.05, 3.63) is 77.1 Å². The fourth-order valence-corrected chi connectivity index (χ4v) is 4.64. The van der Waals surface area contributed by atoms with Gasteiger partial charge in [-0.25, -0.2) is 9.37 Å². The van der Waals surface area contributed by atoms with E-state index in [0.717, 1.165) is 17.0 Å². The van der Waals surface area contributed by atoms with E-state index in [4.69, 9.17) is 17.5 Å². The lowest BCUT2D eigenvalue weighted by atomic mass is 10.0. The molecule has 2 aromatic carbocycles. The highest BCUT2D eigenvalue weighted by Gasteiger charge is 2.50. The molecule has 0 unspecified atom stereocenters. The molecule has 0 spiro atoms. The second kappa shape index (κ2) is 9.53. The third-order valence-electron chi connectivity index (χ3n) is 6.11. The van der Waals surface area contributed by atoms with Gasteiger partial charge in [-0.1, -0.05) is 6.07 Å². The van der Waals surface area contributed by atoms with Crippen LogP contribution in [0.2, 0.25) is 0 Å². The van der Waals surface area contributed by atoms with Crippen molar-refractivity contribution in [3.8, 4) is 6.07 Å². The molecule has 1 aliphatic rings. The van der Waals surface area contributed by atoms with Crippen molar-refractivity contribution in [2.75, 3.05) is 9.80 Å². The van der Waals surface area contributed by atoms with Crippen LogP contribution in [0.1, 0.15) is 41.2 Å². The van der Waals surface area contributed by atoms with Crippen molar-refractivity contribution in [2.45, 2.75) is 32.1 Å². The van der Waals surface area contributed by atoms with Gasteiger partial charge in [-0.3, -0.25) is 14.5 Å². The van der Waals surface area contributed by atoms with Gasteiger partial charge in [0, 0.05) is 37.2 Å². The lowest BCUT2D eigenvalue weighted by molar-refractivity contribution is -0.137. The number of hydrogen-bond donors (Lipinski definition) is 1. The van der Waals surface area contributed by atoms with E-state index >= 15 is 4.39 Å². The Bertz CT molecular complexity index is 1510. The fraction of sp³-hybridized carbons (Fsp3) is 0.240. The molecule has 1 aromatic heterocycles. The molecule has 2 amide bonds. The SMILES string of the molecule is Cn1ccnc1C(=O)NCc1ccc(N2C(=S)N(c3ccc(C#N)c(C(F)(F)F)c3)C(=O)C2(C)C)cc1F. The van der Waals surface area contributed by atoms with Crippen molar-refractivity contribution in [1.82, 2.24) is 14.9 Å². The minimum absolute atomic E-state index is 0.137. The number of rotatable bonds is 5. The molecular formula is C25H20F4N6O2S. The number of aryl methyl sites for hydroxylation is 1. The van der Waals surface area contributed by atoms with E-state index in [1.807, 2.05) is 0 Å². The van der Waals surface area contributed by atoms with E-state index < -0.39 is 40.5 Å². The molecule has 1 N–H and O–H groups in total.